The van der Waals surface area contributed by atoms with Gasteiger partial charge in [0.05, 0.1) is 0 Å². The second-order valence-electron chi connectivity index (χ2n) is 7.59. The van der Waals surface area contributed by atoms with Crippen LogP contribution in [0.2, 0.25) is 0 Å². The molecule has 0 spiro atoms. The molecule has 0 atom stereocenters. The van der Waals surface area contributed by atoms with Gasteiger partial charge in [-0.3, -0.25) is 9.59 Å². The minimum atomic E-state index is 0.0461. The van der Waals surface area contributed by atoms with Gasteiger partial charge in [-0.1, -0.05) is 13.8 Å². The Labute approximate surface area is 166 Å². The summed E-state index contributed by atoms with van der Waals surface area (Å²) < 4.78 is 2.27. The van der Waals surface area contributed by atoms with Gasteiger partial charge >= 0.3 is 0 Å². The highest BCUT2D eigenvalue weighted by atomic mass is 16.1. The van der Waals surface area contributed by atoms with E-state index in [0.717, 1.165) is 48.0 Å². The first kappa shape index (κ1) is 20.2. The number of nitrogens with one attached hydrogen (secondary N) is 2. The SMILES string of the molecule is CC(=O)c1ccc2c(c1)c1cc(C(C)=O)ccc1n2CCNCCNC(C)C. The number of rotatable bonds is 9. The van der Waals surface area contributed by atoms with Crippen molar-refractivity contribution in [1.29, 1.82) is 0 Å². The van der Waals surface area contributed by atoms with Crippen LogP contribution in [-0.4, -0.2) is 41.8 Å². The number of fused-ring (bicyclic) bond motifs is 3. The molecule has 3 aromatic rings. The molecular formula is C23H29N3O2. The molecule has 0 aliphatic carbocycles. The maximum absolute atomic E-state index is 11.9. The first-order chi connectivity index (χ1) is 13.4. The van der Waals surface area contributed by atoms with E-state index in [1.165, 1.54) is 0 Å². The van der Waals surface area contributed by atoms with Crippen molar-refractivity contribution in [2.45, 2.75) is 40.3 Å². The van der Waals surface area contributed by atoms with Crippen LogP contribution in [0.3, 0.4) is 0 Å². The molecule has 0 radical (unpaired) electrons. The summed E-state index contributed by atoms with van der Waals surface area (Å²) in [5, 5.41) is 8.92. The van der Waals surface area contributed by atoms with E-state index in [4.69, 9.17) is 0 Å². The molecule has 0 aliphatic rings. The molecule has 0 saturated carbocycles. The molecule has 1 heterocycles. The normalized spacial score (nSPS) is 11.6. The van der Waals surface area contributed by atoms with Gasteiger partial charge in [-0.2, -0.15) is 0 Å². The minimum Gasteiger partial charge on any atom is -0.339 e. The van der Waals surface area contributed by atoms with Crippen molar-refractivity contribution in [2.75, 3.05) is 19.6 Å². The largest absolute Gasteiger partial charge is 0.339 e. The topological polar surface area (TPSA) is 63.1 Å². The molecule has 5 heteroatoms. The lowest BCUT2D eigenvalue weighted by Crippen LogP contribution is -2.32. The molecule has 3 rings (SSSR count). The summed E-state index contributed by atoms with van der Waals surface area (Å²) >= 11 is 0. The van der Waals surface area contributed by atoms with E-state index in [1.807, 2.05) is 36.4 Å². The Hall–Kier alpha value is -2.50. The zero-order chi connectivity index (χ0) is 20.3. The van der Waals surface area contributed by atoms with Gasteiger partial charge in [0.2, 0.25) is 0 Å². The highest BCUT2D eigenvalue weighted by Crippen LogP contribution is 2.31. The summed E-state index contributed by atoms with van der Waals surface area (Å²) in [4.78, 5) is 23.7. The second-order valence-corrected chi connectivity index (χ2v) is 7.59. The predicted octanol–water partition coefficient (Wildman–Crippen LogP) is 3.79. The van der Waals surface area contributed by atoms with Gasteiger partial charge in [0.1, 0.15) is 0 Å². The highest BCUT2D eigenvalue weighted by molar-refractivity contribution is 6.12. The zero-order valence-electron chi connectivity index (χ0n) is 17.1. The van der Waals surface area contributed by atoms with Crippen LogP contribution in [0.15, 0.2) is 36.4 Å². The van der Waals surface area contributed by atoms with Gasteiger partial charge in [0.15, 0.2) is 11.6 Å². The molecule has 0 fully saturated rings. The van der Waals surface area contributed by atoms with Gasteiger partial charge < -0.3 is 15.2 Å². The smallest absolute Gasteiger partial charge is 0.159 e. The first-order valence-corrected chi connectivity index (χ1v) is 9.90. The average molecular weight is 380 g/mol. The number of aromatic nitrogens is 1. The summed E-state index contributed by atoms with van der Waals surface area (Å²) in [6.45, 7) is 11.0. The van der Waals surface area contributed by atoms with Gasteiger partial charge in [-0.05, 0) is 50.2 Å². The summed E-state index contributed by atoms with van der Waals surface area (Å²) in [5.74, 6) is 0.0923. The number of benzene rings is 2. The third kappa shape index (κ3) is 4.32. The Morgan fingerprint density at radius 3 is 1.86 bits per heavy atom. The van der Waals surface area contributed by atoms with E-state index in [9.17, 15) is 9.59 Å². The number of nitrogens with zero attached hydrogens (tertiary/aromatic N) is 1. The standard InChI is InChI=1S/C23H29N3O2/c1-15(2)25-10-9-24-11-12-26-22-7-5-18(16(3)27)13-20(22)21-14-19(17(4)28)6-8-23(21)26/h5-8,13-15,24-25H,9-12H2,1-4H3. The molecule has 0 bridgehead atoms. The molecule has 2 aromatic carbocycles. The van der Waals surface area contributed by atoms with E-state index in [2.05, 4.69) is 29.0 Å². The monoisotopic (exact) mass is 379 g/mol. The molecule has 0 aliphatic heterocycles. The maximum Gasteiger partial charge on any atom is 0.159 e. The summed E-state index contributed by atoms with van der Waals surface area (Å²) in [6.07, 6.45) is 0. The van der Waals surface area contributed by atoms with E-state index in [0.29, 0.717) is 17.2 Å². The van der Waals surface area contributed by atoms with Gasteiger partial charge in [0, 0.05) is 65.2 Å². The molecule has 1 aromatic heterocycles. The van der Waals surface area contributed by atoms with Crippen molar-refractivity contribution in [2.24, 2.45) is 0 Å². The van der Waals surface area contributed by atoms with Gasteiger partial charge in [-0.25, -0.2) is 0 Å². The molecule has 0 unspecified atom stereocenters. The molecule has 28 heavy (non-hydrogen) atoms. The fraction of sp³-hybridized carbons (Fsp3) is 0.391. The van der Waals surface area contributed by atoms with Crippen molar-refractivity contribution in [1.82, 2.24) is 15.2 Å². The first-order valence-electron chi connectivity index (χ1n) is 9.90. The van der Waals surface area contributed by atoms with Crippen LogP contribution in [0.25, 0.3) is 21.8 Å². The Kier molecular flexibility index (Phi) is 6.27. The number of hydrogen-bond donors (Lipinski definition) is 2. The lowest BCUT2D eigenvalue weighted by Gasteiger charge is -2.11. The molecule has 2 N–H and O–H groups in total. The van der Waals surface area contributed by atoms with Gasteiger partial charge in [-0.15, -0.1) is 0 Å². The Bertz CT molecular complexity index is 946. The quantitative estimate of drug-likeness (QED) is 0.439. The van der Waals surface area contributed by atoms with Crippen molar-refractivity contribution < 1.29 is 9.59 Å². The van der Waals surface area contributed by atoms with Crippen LogP contribution < -0.4 is 10.6 Å². The third-order valence-electron chi connectivity index (χ3n) is 5.04. The van der Waals surface area contributed by atoms with Crippen LogP contribution in [0.4, 0.5) is 0 Å². The number of ketones is 2. The number of Topliss-reactive ketones (excluding diaryl/α,β-unsaturated/α-hetero) is 2. The van der Waals surface area contributed by atoms with E-state index in [-0.39, 0.29) is 11.6 Å². The minimum absolute atomic E-state index is 0.0461. The van der Waals surface area contributed by atoms with Crippen LogP contribution in [0, 0.1) is 0 Å². The van der Waals surface area contributed by atoms with Crippen molar-refractivity contribution in [3.8, 4) is 0 Å². The molecule has 5 nitrogen and oxygen atoms in total. The van der Waals surface area contributed by atoms with E-state index < -0.39 is 0 Å². The molecule has 0 amide bonds. The van der Waals surface area contributed by atoms with Gasteiger partial charge in [0.25, 0.3) is 0 Å². The van der Waals surface area contributed by atoms with Crippen molar-refractivity contribution >= 4 is 33.4 Å². The predicted molar refractivity (Wildman–Crippen MR) is 115 cm³/mol. The van der Waals surface area contributed by atoms with Crippen LogP contribution >= 0.6 is 0 Å². The lowest BCUT2D eigenvalue weighted by atomic mass is 10.0. The summed E-state index contributed by atoms with van der Waals surface area (Å²) in [5.41, 5.74) is 3.56. The average Bonchev–Trinajstić information content (AvgIpc) is 2.96. The number of carbonyl (C=O) groups is 2. The lowest BCUT2D eigenvalue weighted by molar-refractivity contribution is 0.100. The Morgan fingerprint density at radius 1 is 0.857 bits per heavy atom. The summed E-state index contributed by atoms with van der Waals surface area (Å²) in [6, 6.07) is 12.2. The third-order valence-corrected chi connectivity index (χ3v) is 5.04. The number of hydrogen-bond acceptors (Lipinski definition) is 4. The Morgan fingerprint density at radius 2 is 1.39 bits per heavy atom. The second kappa shape index (κ2) is 8.67. The van der Waals surface area contributed by atoms with E-state index >= 15 is 0 Å². The van der Waals surface area contributed by atoms with Crippen molar-refractivity contribution in [3.63, 3.8) is 0 Å². The van der Waals surface area contributed by atoms with Crippen molar-refractivity contribution in [3.05, 3.63) is 47.5 Å². The summed E-state index contributed by atoms with van der Waals surface area (Å²) in [7, 11) is 0. The fourth-order valence-corrected chi connectivity index (χ4v) is 3.55. The van der Waals surface area contributed by atoms with Crippen LogP contribution in [0.1, 0.15) is 48.4 Å². The fourth-order valence-electron chi connectivity index (χ4n) is 3.55. The molecule has 148 valence electrons. The van der Waals surface area contributed by atoms with E-state index in [1.54, 1.807) is 13.8 Å². The highest BCUT2D eigenvalue weighted by Gasteiger charge is 2.14. The maximum atomic E-state index is 11.9. The van der Waals surface area contributed by atoms with Crippen LogP contribution in [0.5, 0.6) is 0 Å². The zero-order valence-corrected chi connectivity index (χ0v) is 17.1. The molecular weight excluding hydrogens is 350 g/mol. The Balaban J connectivity index is 1.93. The number of carbonyl (C=O) groups excluding carboxylic acids is 2. The molecule has 0 saturated heterocycles. The van der Waals surface area contributed by atoms with Crippen LogP contribution in [-0.2, 0) is 6.54 Å².